The average molecular weight is 400 g/mol. The molecule has 1 aliphatic heterocycles. The summed E-state index contributed by atoms with van der Waals surface area (Å²) in [6.45, 7) is 21.2. The molecule has 0 bridgehead atoms. The van der Waals surface area contributed by atoms with Crippen LogP contribution in [-0.4, -0.2) is 43.5 Å². The van der Waals surface area contributed by atoms with Crippen molar-refractivity contribution in [2.24, 2.45) is 5.41 Å². The second kappa shape index (κ2) is 8.24. The molecule has 6 heteroatoms. The van der Waals surface area contributed by atoms with Crippen molar-refractivity contribution in [1.82, 2.24) is 4.90 Å². The summed E-state index contributed by atoms with van der Waals surface area (Å²) in [7, 11) is -1.85. The first-order valence-electron chi connectivity index (χ1n) is 10.3. The van der Waals surface area contributed by atoms with Gasteiger partial charge in [0, 0.05) is 12.6 Å². The van der Waals surface area contributed by atoms with Crippen LogP contribution in [0.2, 0.25) is 18.1 Å². The van der Waals surface area contributed by atoms with Gasteiger partial charge in [-0.1, -0.05) is 34.6 Å². The Bertz CT molecular complexity index is 541. The Morgan fingerprint density at radius 1 is 1.15 bits per heavy atom. The molecule has 0 aliphatic carbocycles. The van der Waals surface area contributed by atoms with E-state index in [-0.39, 0.29) is 17.0 Å². The Kier molecular flexibility index (Phi) is 7.37. The summed E-state index contributed by atoms with van der Waals surface area (Å²) in [5.41, 5.74) is -1.08. The van der Waals surface area contributed by atoms with Crippen LogP contribution in [-0.2, 0) is 14.0 Å². The minimum Gasteiger partial charge on any atom is -0.443 e. The number of carbonyl (C=O) groups excluding carboxylic acids is 2. The lowest BCUT2D eigenvalue weighted by Crippen LogP contribution is -2.45. The van der Waals surface area contributed by atoms with Gasteiger partial charge in [0.05, 0.1) is 5.41 Å². The maximum Gasteiger partial charge on any atom is 0.417 e. The highest BCUT2D eigenvalue weighted by atomic mass is 28.4. The van der Waals surface area contributed by atoms with Crippen molar-refractivity contribution in [3.05, 3.63) is 0 Å². The SMILES string of the molecule is CCC1(CC)C[C@H](CCO[Si](C)(C)C(C)(C)C)N(C(=O)OC(C)(C)C)C1=O. The molecular formula is C21H41NO4Si. The van der Waals surface area contributed by atoms with Gasteiger partial charge in [-0.25, -0.2) is 9.69 Å². The van der Waals surface area contributed by atoms with Crippen LogP contribution in [0.3, 0.4) is 0 Å². The van der Waals surface area contributed by atoms with Crippen molar-refractivity contribution >= 4 is 20.3 Å². The van der Waals surface area contributed by atoms with Gasteiger partial charge >= 0.3 is 6.09 Å². The van der Waals surface area contributed by atoms with Crippen molar-refractivity contribution < 1.29 is 18.8 Å². The van der Waals surface area contributed by atoms with Crippen molar-refractivity contribution in [3.8, 4) is 0 Å². The standard InChI is InChI=1S/C21H41NO4Si/c1-11-21(12-2)15-16(13-14-25-27(9,10)20(6,7)8)22(17(21)23)18(24)26-19(3,4)5/h16H,11-15H2,1-10H3/t16-/m0/s1. The van der Waals surface area contributed by atoms with Crippen LogP contribution in [0.15, 0.2) is 0 Å². The van der Waals surface area contributed by atoms with Crippen LogP contribution in [0.5, 0.6) is 0 Å². The van der Waals surface area contributed by atoms with E-state index < -0.39 is 25.4 Å². The summed E-state index contributed by atoms with van der Waals surface area (Å²) in [4.78, 5) is 27.3. The first-order valence-corrected chi connectivity index (χ1v) is 13.2. The van der Waals surface area contributed by atoms with Gasteiger partial charge in [-0.05, 0) is 64.6 Å². The Balaban J connectivity index is 2.96. The lowest BCUT2D eigenvalue weighted by atomic mass is 9.79. The quantitative estimate of drug-likeness (QED) is 0.534. The summed E-state index contributed by atoms with van der Waals surface area (Å²) in [6.07, 6.45) is 2.31. The summed E-state index contributed by atoms with van der Waals surface area (Å²) in [5, 5.41) is 0.139. The van der Waals surface area contributed by atoms with E-state index >= 15 is 0 Å². The topological polar surface area (TPSA) is 55.8 Å². The highest BCUT2D eigenvalue weighted by Crippen LogP contribution is 2.44. The predicted molar refractivity (Wildman–Crippen MR) is 112 cm³/mol. The maximum atomic E-state index is 13.1. The molecule has 0 saturated carbocycles. The van der Waals surface area contributed by atoms with E-state index in [4.69, 9.17) is 9.16 Å². The minimum absolute atomic E-state index is 0.0842. The molecule has 1 heterocycles. The van der Waals surface area contributed by atoms with E-state index in [1.54, 1.807) is 0 Å². The summed E-state index contributed by atoms with van der Waals surface area (Å²) in [6, 6.07) is -0.156. The fourth-order valence-corrected chi connectivity index (χ4v) is 4.39. The van der Waals surface area contributed by atoms with Gasteiger partial charge in [-0.3, -0.25) is 4.79 Å². The number of likely N-dealkylation sites (tertiary alicyclic amines) is 1. The summed E-state index contributed by atoms with van der Waals surface area (Å²) < 4.78 is 11.8. The van der Waals surface area contributed by atoms with Gasteiger partial charge in [0.1, 0.15) is 5.60 Å². The molecule has 27 heavy (non-hydrogen) atoms. The molecular weight excluding hydrogens is 358 g/mol. The van der Waals surface area contributed by atoms with Crippen LogP contribution in [0.25, 0.3) is 0 Å². The van der Waals surface area contributed by atoms with Crippen LogP contribution >= 0.6 is 0 Å². The van der Waals surface area contributed by atoms with Gasteiger partial charge < -0.3 is 9.16 Å². The molecule has 1 aliphatic rings. The van der Waals surface area contributed by atoms with Gasteiger partial charge in [-0.15, -0.1) is 0 Å². The van der Waals surface area contributed by atoms with Crippen molar-refractivity contribution in [3.63, 3.8) is 0 Å². The minimum atomic E-state index is -1.85. The van der Waals surface area contributed by atoms with Gasteiger partial charge in [-0.2, -0.15) is 0 Å². The van der Waals surface area contributed by atoms with E-state index in [9.17, 15) is 9.59 Å². The Hall–Kier alpha value is -0.883. The average Bonchev–Trinajstić information content (AvgIpc) is 2.77. The summed E-state index contributed by atoms with van der Waals surface area (Å²) in [5.74, 6) is -0.0842. The number of hydrogen-bond acceptors (Lipinski definition) is 4. The zero-order valence-electron chi connectivity index (χ0n) is 19.2. The van der Waals surface area contributed by atoms with Crippen LogP contribution in [0.1, 0.15) is 81.1 Å². The number of ether oxygens (including phenoxy) is 1. The molecule has 0 spiro atoms. The third-order valence-electron chi connectivity index (χ3n) is 6.33. The first kappa shape index (κ1) is 24.2. The van der Waals surface area contributed by atoms with Crippen molar-refractivity contribution in [2.45, 2.75) is 111 Å². The van der Waals surface area contributed by atoms with E-state index in [0.717, 1.165) is 12.8 Å². The highest BCUT2D eigenvalue weighted by molar-refractivity contribution is 6.74. The first-order chi connectivity index (χ1) is 12.1. The molecule has 0 aromatic carbocycles. The fraction of sp³-hybridized carbons (Fsp3) is 0.905. The molecule has 0 aromatic rings. The van der Waals surface area contributed by atoms with E-state index in [2.05, 4.69) is 33.9 Å². The smallest absolute Gasteiger partial charge is 0.417 e. The molecule has 158 valence electrons. The highest BCUT2D eigenvalue weighted by Gasteiger charge is 2.52. The van der Waals surface area contributed by atoms with Crippen molar-refractivity contribution in [2.75, 3.05) is 6.61 Å². The number of imide groups is 1. The van der Waals surface area contributed by atoms with Crippen LogP contribution in [0, 0.1) is 5.41 Å². The van der Waals surface area contributed by atoms with Gasteiger partial charge in [0.15, 0.2) is 8.32 Å². The van der Waals surface area contributed by atoms with E-state index in [0.29, 0.717) is 19.4 Å². The normalized spacial score (nSPS) is 20.9. The largest absolute Gasteiger partial charge is 0.443 e. The number of nitrogens with zero attached hydrogens (tertiary/aromatic N) is 1. The summed E-state index contributed by atoms with van der Waals surface area (Å²) >= 11 is 0. The molecule has 1 fully saturated rings. The molecule has 1 atom stereocenters. The monoisotopic (exact) mass is 399 g/mol. The number of rotatable bonds is 6. The Morgan fingerprint density at radius 3 is 2.07 bits per heavy atom. The van der Waals surface area contributed by atoms with Crippen LogP contribution < -0.4 is 0 Å². The molecule has 0 N–H and O–H groups in total. The number of carbonyl (C=O) groups is 2. The van der Waals surface area contributed by atoms with Gasteiger partial charge in [0.2, 0.25) is 5.91 Å². The third kappa shape index (κ3) is 5.56. The zero-order chi connectivity index (χ0) is 21.3. The molecule has 0 unspecified atom stereocenters. The fourth-order valence-electron chi connectivity index (χ4n) is 3.33. The lowest BCUT2D eigenvalue weighted by Gasteiger charge is -2.36. The lowest BCUT2D eigenvalue weighted by molar-refractivity contribution is -0.136. The Morgan fingerprint density at radius 2 is 1.67 bits per heavy atom. The molecule has 5 nitrogen and oxygen atoms in total. The molecule has 2 amide bonds. The second-order valence-corrected chi connectivity index (χ2v) is 15.2. The van der Waals surface area contributed by atoms with E-state index in [1.165, 1.54) is 4.90 Å². The molecule has 0 aromatic heterocycles. The third-order valence-corrected chi connectivity index (χ3v) is 10.9. The van der Waals surface area contributed by atoms with Gasteiger partial charge in [0.25, 0.3) is 0 Å². The zero-order valence-corrected chi connectivity index (χ0v) is 20.2. The number of hydrogen-bond donors (Lipinski definition) is 0. The Labute approximate surface area is 167 Å². The van der Waals surface area contributed by atoms with Crippen LogP contribution in [0.4, 0.5) is 4.79 Å². The maximum absolute atomic E-state index is 13.1. The van der Waals surface area contributed by atoms with Crippen molar-refractivity contribution in [1.29, 1.82) is 0 Å². The number of amides is 2. The molecule has 1 saturated heterocycles. The second-order valence-electron chi connectivity index (χ2n) is 10.4. The molecule has 1 rings (SSSR count). The molecule has 0 radical (unpaired) electrons. The predicted octanol–water partition coefficient (Wildman–Crippen LogP) is 5.74. The van der Waals surface area contributed by atoms with E-state index in [1.807, 2.05) is 34.6 Å².